The van der Waals surface area contributed by atoms with Crippen molar-refractivity contribution in [3.63, 3.8) is 0 Å². The lowest BCUT2D eigenvalue weighted by atomic mass is 10.1. The Morgan fingerprint density at radius 2 is 1.61 bits per heavy atom. The van der Waals surface area contributed by atoms with Crippen molar-refractivity contribution < 1.29 is 13.2 Å². The van der Waals surface area contributed by atoms with Crippen LogP contribution < -0.4 is 9.62 Å². The maximum Gasteiger partial charge on any atom is 0.251 e. The second-order valence-electron chi connectivity index (χ2n) is 7.15. The summed E-state index contributed by atoms with van der Waals surface area (Å²) in [5.74, 6) is -0.208. The summed E-state index contributed by atoms with van der Waals surface area (Å²) < 4.78 is 26.0. The van der Waals surface area contributed by atoms with Crippen molar-refractivity contribution in [2.45, 2.75) is 19.5 Å². The molecule has 0 aliphatic heterocycles. The maximum atomic E-state index is 12.6. The van der Waals surface area contributed by atoms with Crippen LogP contribution in [-0.4, -0.2) is 20.6 Å². The molecule has 0 aliphatic carbocycles. The molecule has 3 aromatic rings. The number of sulfonamides is 1. The van der Waals surface area contributed by atoms with E-state index in [1.165, 1.54) is 4.31 Å². The van der Waals surface area contributed by atoms with E-state index in [4.69, 9.17) is 23.2 Å². The van der Waals surface area contributed by atoms with Crippen LogP contribution in [0.5, 0.6) is 0 Å². The summed E-state index contributed by atoms with van der Waals surface area (Å²) in [7, 11) is -3.62. The number of amides is 1. The fraction of sp³-hybridized carbons (Fsp3) is 0.174. The molecule has 31 heavy (non-hydrogen) atoms. The average molecular weight is 477 g/mol. The molecule has 1 amide bonds. The van der Waals surface area contributed by atoms with Crippen molar-refractivity contribution in [1.82, 2.24) is 5.32 Å². The fourth-order valence-electron chi connectivity index (χ4n) is 3.10. The third kappa shape index (κ3) is 5.79. The van der Waals surface area contributed by atoms with Gasteiger partial charge in [0.1, 0.15) is 0 Å². The maximum absolute atomic E-state index is 12.6. The Morgan fingerprint density at radius 1 is 0.968 bits per heavy atom. The van der Waals surface area contributed by atoms with Crippen LogP contribution in [-0.2, 0) is 16.6 Å². The number of nitrogens with zero attached hydrogens (tertiary/aromatic N) is 1. The van der Waals surface area contributed by atoms with Crippen LogP contribution in [0, 0.1) is 0 Å². The first-order valence-corrected chi connectivity index (χ1v) is 12.1. The highest BCUT2D eigenvalue weighted by atomic mass is 35.5. The predicted molar refractivity (Wildman–Crippen MR) is 126 cm³/mol. The lowest BCUT2D eigenvalue weighted by Gasteiger charge is -2.24. The van der Waals surface area contributed by atoms with Crippen molar-refractivity contribution in [1.29, 1.82) is 0 Å². The van der Waals surface area contributed by atoms with Gasteiger partial charge in [-0.05, 0) is 42.3 Å². The van der Waals surface area contributed by atoms with Gasteiger partial charge in [0.15, 0.2) is 0 Å². The first-order valence-electron chi connectivity index (χ1n) is 9.53. The van der Waals surface area contributed by atoms with E-state index in [1.54, 1.807) is 42.5 Å². The van der Waals surface area contributed by atoms with Gasteiger partial charge in [-0.1, -0.05) is 71.7 Å². The number of carbonyl (C=O) groups excluding carboxylic acids is 1. The summed E-state index contributed by atoms with van der Waals surface area (Å²) in [5, 5.41) is 3.40. The smallest absolute Gasteiger partial charge is 0.251 e. The highest BCUT2D eigenvalue weighted by Crippen LogP contribution is 2.34. The molecule has 162 valence electrons. The van der Waals surface area contributed by atoms with Crippen molar-refractivity contribution in [2.24, 2.45) is 0 Å². The molecule has 0 fully saturated rings. The molecule has 0 saturated carbocycles. The van der Waals surface area contributed by atoms with E-state index in [9.17, 15) is 13.2 Å². The first kappa shape index (κ1) is 23.1. The Hall–Kier alpha value is -2.54. The molecule has 0 saturated heterocycles. The monoisotopic (exact) mass is 476 g/mol. The largest absolute Gasteiger partial charge is 0.346 e. The molecule has 0 unspecified atom stereocenters. The molecular formula is C23H22Cl2N2O3S. The third-order valence-corrected chi connectivity index (χ3v) is 6.73. The molecule has 0 radical (unpaired) electrons. The Morgan fingerprint density at radius 3 is 2.23 bits per heavy atom. The van der Waals surface area contributed by atoms with Gasteiger partial charge in [-0.15, -0.1) is 0 Å². The Balaban J connectivity index is 1.77. The number of anilines is 1. The van der Waals surface area contributed by atoms with Crippen LogP contribution in [0.1, 0.15) is 34.5 Å². The van der Waals surface area contributed by atoms with Gasteiger partial charge >= 0.3 is 0 Å². The van der Waals surface area contributed by atoms with E-state index in [2.05, 4.69) is 5.32 Å². The summed E-state index contributed by atoms with van der Waals surface area (Å²) in [6.45, 7) is 1.97. The van der Waals surface area contributed by atoms with E-state index in [0.29, 0.717) is 16.8 Å². The number of benzene rings is 3. The van der Waals surface area contributed by atoms with Crippen molar-refractivity contribution in [2.75, 3.05) is 10.6 Å². The highest BCUT2D eigenvalue weighted by molar-refractivity contribution is 7.92. The Bertz CT molecular complexity index is 1170. The normalized spacial score (nSPS) is 12.3. The van der Waals surface area contributed by atoms with Crippen LogP contribution in [0.3, 0.4) is 0 Å². The van der Waals surface area contributed by atoms with Crippen LogP contribution in [0.15, 0.2) is 72.8 Å². The van der Waals surface area contributed by atoms with E-state index in [1.807, 2.05) is 37.3 Å². The Labute approximate surface area is 192 Å². The second kappa shape index (κ2) is 9.73. The fourth-order valence-corrected chi connectivity index (χ4v) is 4.44. The highest BCUT2D eigenvalue weighted by Gasteiger charge is 2.22. The standard InChI is InChI=1S/C23H22Cl2N2O3S/c1-16(18-7-4-3-5-8-18)26-23(28)19-13-11-17(12-14-19)15-27(31(2,29)30)21-10-6-9-20(24)22(21)25/h3-14,16H,15H2,1-2H3,(H,26,28)/t16-/m1/s1. The van der Waals surface area contributed by atoms with Gasteiger partial charge in [-0.25, -0.2) is 8.42 Å². The van der Waals surface area contributed by atoms with E-state index >= 15 is 0 Å². The van der Waals surface area contributed by atoms with Crippen LogP contribution in [0.25, 0.3) is 0 Å². The zero-order valence-corrected chi connectivity index (χ0v) is 19.4. The Kier molecular flexibility index (Phi) is 7.26. The number of rotatable bonds is 7. The van der Waals surface area contributed by atoms with Gasteiger partial charge in [0.05, 0.1) is 34.6 Å². The number of nitrogens with one attached hydrogen (secondary N) is 1. The van der Waals surface area contributed by atoms with Crippen molar-refractivity contribution >= 4 is 44.8 Å². The molecule has 1 N–H and O–H groups in total. The molecule has 1 atom stereocenters. The minimum atomic E-state index is -3.62. The number of halogens is 2. The summed E-state index contributed by atoms with van der Waals surface area (Å²) >= 11 is 12.3. The van der Waals surface area contributed by atoms with Crippen molar-refractivity contribution in [3.05, 3.63) is 99.5 Å². The van der Waals surface area contributed by atoms with Gasteiger partial charge in [0.25, 0.3) is 5.91 Å². The lowest BCUT2D eigenvalue weighted by molar-refractivity contribution is 0.0940. The molecule has 0 heterocycles. The molecule has 5 nitrogen and oxygen atoms in total. The summed E-state index contributed by atoms with van der Waals surface area (Å²) in [4.78, 5) is 12.6. The predicted octanol–water partition coefficient (Wildman–Crippen LogP) is 5.45. The van der Waals surface area contributed by atoms with E-state index in [-0.39, 0.29) is 28.5 Å². The number of carbonyl (C=O) groups is 1. The van der Waals surface area contributed by atoms with Crippen LogP contribution in [0.2, 0.25) is 10.0 Å². The molecule has 0 bridgehead atoms. The SMILES string of the molecule is C[C@@H](NC(=O)c1ccc(CN(c2cccc(Cl)c2Cl)S(C)(=O)=O)cc1)c1ccccc1. The summed E-state index contributed by atoms with van der Waals surface area (Å²) in [6.07, 6.45) is 1.11. The van der Waals surface area contributed by atoms with Crippen LogP contribution >= 0.6 is 23.2 Å². The van der Waals surface area contributed by atoms with Gasteiger partial charge in [0, 0.05) is 5.56 Å². The topological polar surface area (TPSA) is 66.5 Å². The molecule has 0 aromatic heterocycles. The number of hydrogen-bond donors (Lipinski definition) is 1. The minimum Gasteiger partial charge on any atom is -0.346 e. The molecule has 0 aliphatic rings. The summed E-state index contributed by atoms with van der Waals surface area (Å²) in [5.41, 5.74) is 2.50. The van der Waals surface area contributed by atoms with Gasteiger partial charge in [0.2, 0.25) is 10.0 Å². The van der Waals surface area contributed by atoms with Gasteiger partial charge < -0.3 is 5.32 Å². The average Bonchev–Trinajstić information content (AvgIpc) is 2.74. The van der Waals surface area contributed by atoms with Gasteiger partial charge in [-0.3, -0.25) is 9.10 Å². The van der Waals surface area contributed by atoms with E-state index in [0.717, 1.165) is 11.8 Å². The second-order valence-corrected chi connectivity index (χ2v) is 9.84. The molecule has 3 aromatic carbocycles. The lowest BCUT2D eigenvalue weighted by Crippen LogP contribution is -2.29. The molecule has 3 rings (SSSR count). The third-order valence-electron chi connectivity index (χ3n) is 4.79. The van der Waals surface area contributed by atoms with E-state index < -0.39 is 10.0 Å². The zero-order chi connectivity index (χ0) is 22.6. The van der Waals surface area contributed by atoms with Crippen LogP contribution in [0.4, 0.5) is 5.69 Å². The van der Waals surface area contributed by atoms with Gasteiger partial charge in [-0.2, -0.15) is 0 Å². The zero-order valence-electron chi connectivity index (χ0n) is 17.0. The molecule has 0 spiro atoms. The molecule has 8 heteroatoms. The summed E-state index contributed by atoms with van der Waals surface area (Å²) in [6, 6.07) is 21.2. The first-order chi connectivity index (χ1) is 14.7. The minimum absolute atomic E-state index is 0.0568. The quantitative estimate of drug-likeness (QED) is 0.492. The van der Waals surface area contributed by atoms with Crippen molar-refractivity contribution in [3.8, 4) is 0 Å². The molecular weight excluding hydrogens is 455 g/mol. The number of hydrogen-bond acceptors (Lipinski definition) is 3.